The number of hydrogen-bond acceptors (Lipinski definition) is 6. The van der Waals surface area contributed by atoms with E-state index in [0.29, 0.717) is 23.1 Å². The second-order valence-electron chi connectivity index (χ2n) is 7.20. The molecule has 10 heteroatoms. The van der Waals surface area contributed by atoms with Gasteiger partial charge >= 0.3 is 6.09 Å². The second kappa shape index (κ2) is 11.4. The van der Waals surface area contributed by atoms with Crippen molar-refractivity contribution >= 4 is 41.0 Å². The molecule has 1 fully saturated rings. The fraction of sp³-hybridized carbons (Fsp3) is 0.364. The summed E-state index contributed by atoms with van der Waals surface area (Å²) >= 11 is 5.51. The van der Waals surface area contributed by atoms with Crippen LogP contribution in [0.25, 0.3) is 0 Å². The van der Waals surface area contributed by atoms with Gasteiger partial charge in [-0.05, 0) is 24.6 Å². The number of nitrogens with one attached hydrogen (secondary N) is 2. The van der Waals surface area contributed by atoms with Gasteiger partial charge in [-0.2, -0.15) is 0 Å². The van der Waals surface area contributed by atoms with Gasteiger partial charge in [0.1, 0.15) is 19.0 Å². The van der Waals surface area contributed by atoms with E-state index in [0.717, 1.165) is 5.56 Å². The van der Waals surface area contributed by atoms with Gasteiger partial charge in [0.05, 0.1) is 24.0 Å². The van der Waals surface area contributed by atoms with E-state index >= 15 is 0 Å². The summed E-state index contributed by atoms with van der Waals surface area (Å²) < 4.78 is 10.3. The standard InChI is InChI=1S/C22H25ClN4O5/c1-15-18(26-20(28)14-31-10-9-23)7-8-19(24-15)27-12-17(11-21(27)29)25-22(30)32-13-16-5-3-2-4-6-16/h2-8,17H,9-14H2,1H3,(H,25,30)(H,26,28)/t17-/m1/s1. The van der Waals surface area contributed by atoms with Crippen molar-refractivity contribution in [3.8, 4) is 0 Å². The number of alkyl carbamates (subject to hydrolysis) is 1. The average Bonchev–Trinajstić information content (AvgIpc) is 3.14. The van der Waals surface area contributed by atoms with E-state index < -0.39 is 6.09 Å². The Morgan fingerprint density at radius 1 is 1.22 bits per heavy atom. The van der Waals surface area contributed by atoms with Crippen LogP contribution in [-0.4, -0.2) is 54.6 Å². The zero-order valence-corrected chi connectivity index (χ0v) is 18.4. The first-order valence-corrected chi connectivity index (χ1v) is 10.7. The highest BCUT2D eigenvalue weighted by molar-refractivity contribution is 6.18. The lowest BCUT2D eigenvalue weighted by atomic mass is 10.2. The van der Waals surface area contributed by atoms with Gasteiger partial charge in [0.25, 0.3) is 0 Å². The van der Waals surface area contributed by atoms with Crippen LogP contribution >= 0.6 is 11.6 Å². The number of amides is 3. The van der Waals surface area contributed by atoms with Crippen LogP contribution in [0.2, 0.25) is 0 Å². The van der Waals surface area contributed by atoms with Crippen LogP contribution in [0.5, 0.6) is 0 Å². The fourth-order valence-electron chi connectivity index (χ4n) is 3.19. The number of benzene rings is 1. The van der Waals surface area contributed by atoms with Crippen LogP contribution in [-0.2, 0) is 25.7 Å². The summed E-state index contributed by atoms with van der Waals surface area (Å²) in [4.78, 5) is 42.4. The Balaban J connectivity index is 1.52. The molecule has 0 bridgehead atoms. The van der Waals surface area contributed by atoms with Gasteiger partial charge in [-0.3, -0.25) is 14.5 Å². The molecule has 1 atom stereocenters. The van der Waals surface area contributed by atoms with Gasteiger partial charge < -0.3 is 20.1 Å². The molecular formula is C22H25ClN4O5. The molecule has 170 valence electrons. The van der Waals surface area contributed by atoms with Crippen molar-refractivity contribution in [3.63, 3.8) is 0 Å². The third kappa shape index (κ3) is 6.66. The number of alkyl halides is 1. The number of hydrogen-bond donors (Lipinski definition) is 2. The second-order valence-corrected chi connectivity index (χ2v) is 7.58. The molecular weight excluding hydrogens is 436 g/mol. The highest BCUT2D eigenvalue weighted by atomic mass is 35.5. The van der Waals surface area contributed by atoms with Crippen LogP contribution in [0.15, 0.2) is 42.5 Å². The molecule has 1 aromatic heterocycles. The van der Waals surface area contributed by atoms with Gasteiger partial charge in [-0.1, -0.05) is 30.3 Å². The molecule has 0 radical (unpaired) electrons. The van der Waals surface area contributed by atoms with Crippen LogP contribution in [0.3, 0.4) is 0 Å². The Labute approximate surface area is 191 Å². The van der Waals surface area contributed by atoms with Gasteiger partial charge in [0, 0.05) is 18.8 Å². The van der Waals surface area contributed by atoms with E-state index in [-0.39, 0.29) is 50.6 Å². The summed E-state index contributed by atoms with van der Waals surface area (Å²) in [7, 11) is 0. The number of rotatable bonds is 9. The predicted octanol–water partition coefficient (Wildman–Crippen LogP) is 2.62. The van der Waals surface area contributed by atoms with E-state index in [1.165, 1.54) is 4.90 Å². The number of ether oxygens (including phenoxy) is 2. The molecule has 0 aliphatic carbocycles. The van der Waals surface area contributed by atoms with Crippen molar-refractivity contribution in [1.82, 2.24) is 10.3 Å². The molecule has 2 N–H and O–H groups in total. The van der Waals surface area contributed by atoms with Crippen molar-refractivity contribution in [2.75, 3.05) is 35.9 Å². The predicted molar refractivity (Wildman–Crippen MR) is 120 cm³/mol. The minimum Gasteiger partial charge on any atom is -0.445 e. The molecule has 9 nitrogen and oxygen atoms in total. The van der Waals surface area contributed by atoms with Crippen LogP contribution in [0.4, 0.5) is 16.3 Å². The minimum absolute atomic E-state index is 0.105. The number of nitrogens with zero attached hydrogens (tertiary/aromatic N) is 2. The summed E-state index contributed by atoms with van der Waals surface area (Å²) in [5.74, 6) is 0.290. The van der Waals surface area contributed by atoms with Crippen molar-refractivity contribution in [2.45, 2.75) is 26.0 Å². The number of halogens is 1. The molecule has 1 aliphatic heterocycles. The monoisotopic (exact) mass is 460 g/mol. The maximum absolute atomic E-state index is 12.5. The number of carbonyl (C=O) groups is 3. The van der Waals surface area contributed by atoms with Crippen molar-refractivity contribution in [3.05, 3.63) is 53.7 Å². The summed E-state index contributed by atoms with van der Waals surface area (Å²) in [6, 6.07) is 12.3. The maximum atomic E-state index is 12.5. The average molecular weight is 461 g/mol. The lowest BCUT2D eigenvalue weighted by Gasteiger charge is -2.18. The third-order valence-corrected chi connectivity index (χ3v) is 4.89. The number of aryl methyl sites for hydroxylation is 1. The van der Waals surface area contributed by atoms with Crippen LogP contribution in [0.1, 0.15) is 17.7 Å². The lowest BCUT2D eigenvalue weighted by Crippen LogP contribution is -2.37. The molecule has 3 rings (SSSR count). The molecule has 2 heterocycles. The summed E-state index contributed by atoms with van der Waals surface area (Å²) in [5, 5.41) is 5.44. The van der Waals surface area contributed by atoms with Crippen molar-refractivity contribution in [1.29, 1.82) is 0 Å². The number of pyridine rings is 1. The zero-order valence-electron chi connectivity index (χ0n) is 17.7. The van der Waals surface area contributed by atoms with Gasteiger partial charge in [-0.15, -0.1) is 11.6 Å². The van der Waals surface area contributed by atoms with Crippen LogP contribution < -0.4 is 15.5 Å². The minimum atomic E-state index is -0.577. The van der Waals surface area contributed by atoms with E-state index in [1.54, 1.807) is 19.1 Å². The van der Waals surface area contributed by atoms with Crippen molar-refractivity contribution in [2.24, 2.45) is 0 Å². The molecule has 1 aliphatic rings. The third-order valence-electron chi connectivity index (χ3n) is 4.74. The normalized spacial score (nSPS) is 15.5. The fourth-order valence-corrected chi connectivity index (χ4v) is 3.30. The highest BCUT2D eigenvalue weighted by Gasteiger charge is 2.32. The molecule has 0 saturated carbocycles. The van der Waals surface area contributed by atoms with Gasteiger partial charge in [-0.25, -0.2) is 9.78 Å². The first-order valence-electron chi connectivity index (χ1n) is 10.1. The number of anilines is 2. The molecule has 0 spiro atoms. The summed E-state index contributed by atoms with van der Waals surface area (Å²) in [5.41, 5.74) is 1.96. The van der Waals surface area contributed by atoms with Gasteiger partial charge in [0.2, 0.25) is 11.8 Å². The highest BCUT2D eigenvalue weighted by Crippen LogP contribution is 2.23. The molecule has 2 aromatic rings. The van der Waals surface area contributed by atoms with E-state index in [1.807, 2.05) is 30.3 Å². The van der Waals surface area contributed by atoms with Crippen molar-refractivity contribution < 1.29 is 23.9 Å². The largest absolute Gasteiger partial charge is 0.445 e. The molecule has 0 unspecified atom stereocenters. The van der Waals surface area contributed by atoms with E-state index in [4.69, 9.17) is 21.1 Å². The molecule has 1 aromatic carbocycles. The molecule has 3 amide bonds. The quantitative estimate of drug-likeness (QED) is 0.439. The van der Waals surface area contributed by atoms with E-state index in [2.05, 4.69) is 15.6 Å². The van der Waals surface area contributed by atoms with Crippen LogP contribution in [0, 0.1) is 6.92 Å². The zero-order chi connectivity index (χ0) is 22.9. The number of carbonyl (C=O) groups excluding carboxylic acids is 3. The first-order chi connectivity index (χ1) is 15.5. The first kappa shape index (κ1) is 23.5. The lowest BCUT2D eigenvalue weighted by molar-refractivity contribution is -0.120. The Bertz CT molecular complexity index is 957. The SMILES string of the molecule is Cc1nc(N2C[C@H](NC(=O)OCc3ccccc3)CC2=O)ccc1NC(=O)COCCCl. The smallest absolute Gasteiger partial charge is 0.407 e. The Kier molecular flexibility index (Phi) is 8.41. The molecule has 32 heavy (non-hydrogen) atoms. The Hall–Kier alpha value is -3.17. The van der Waals surface area contributed by atoms with Gasteiger partial charge in [0.15, 0.2) is 0 Å². The number of aromatic nitrogens is 1. The molecule has 1 saturated heterocycles. The Morgan fingerprint density at radius 2 is 2.00 bits per heavy atom. The van der Waals surface area contributed by atoms with E-state index in [9.17, 15) is 14.4 Å². The summed E-state index contributed by atoms with van der Waals surface area (Å²) in [6.07, 6.45) is -0.426. The maximum Gasteiger partial charge on any atom is 0.407 e. The topological polar surface area (TPSA) is 110 Å². The summed E-state index contributed by atoms with van der Waals surface area (Å²) in [6.45, 7) is 2.35. The Morgan fingerprint density at radius 3 is 2.72 bits per heavy atom.